The molecule has 0 radical (unpaired) electrons. The van der Waals surface area contributed by atoms with Crippen molar-refractivity contribution in [3.63, 3.8) is 0 Å². The minimum absolute atomic E-state index is 0.156. The van der Waals surface area contributed by atoms with Gasteiger partial charge in [-0.15, -0.1) is 0 Å². The Balaban J connectivity index is 1.58. The van der Waals surface area contributed by atoms with Crippen LogP contribution < -0.4 is 5.32 Å². The van der Waals surface area contributed by atoms with Crippen molar-refractivity contribution in [2.24, 2.45) is 10.9 Å². The number of benzene rings is 1. The number of halogens is 1. The molecule has 1 saturated heterocycles. The summed E-state index contributed by atoms with van der Waals surface area (Å²) in [6, 6.07) is 9.22. The van der Waals surface area contributed by atoms with E-state index in [0.717, 1.165) is 21.8 Å². The van der Waals surface area contributed by atoms with Crippen molar-refractivity contribution in [3.8, 4) is 0 Å². The topological polar surface area (TPSA) is 72.8 Å². The normalized spacial score (nSPS) is 27.6. The molecule has 4 rings (SSSR count). The number of carbonyl (C=O) groups excluding carboxylic acids is 1. The predicted octanol–water partition coefficient (Wildman–Crippen LogP) is 6.18. The predicted molar refractivity (Wildman–Crippen MR) is 152 cm³/mol. The zero-order chi connectivity index (χ0) is 25.5. The van der Waals surface area contributed by atoms with E-state index < -0.39 is 13.9 Å². The summed E-state index contributed by atoms with van der Waals surface area (Å²) in [5.74, 6) is 0.885. The molecule has 1 N–H and O–H groups in total. The number of ether oxygens (including phenoxy) is 1. The summed E-state index contributed by atoms with van der Waals surface area (Å²) in [6.07, 6.45) is 0.819. The van der Waals surface area contributed by atoms with E-state index in [4.69, 9.17) is 19.1 Å². The average molecular weight is 598 g/mol. The van der Waals surface area contributed by atoms with Gasteiger partial charge in [-0.25, -0.2) is 0 Å². The van der Waals surface area contributed by atoms with E-state index in [9.17, 15) is 4.79 Å². The molecular weight excluding hydrogens is 562 g/mol. The number of thiazole rings is 1. The second-order valence-corrected chi connectivity index (χ2v) is 19.7. The van der Waals surface area contributed by atoms with Crippen LogP contribution in [0.2, 0.25) is 18.1 Å². The van der Waals surface area contributed by atoms with Gasteiger partial charge in [0, 0.05) is 0 Å². The summed E-state index contributed by atoms with van der Waals surface area (Å²) >= 11 is 6.68. The summed E-state index contributed by atoms with van der Waals surface area (Å²) in [4.78, 5) is 22.7. The molecule has 2 aliphatic heterocycles. The van der Waals surface area contributed by atoms with Gasteiger partial charge in [-0.05, 0) is 0 Å². The molecule has 1 amide bonds. The molecule has 3 heterocycles. The van der Waals surface area contributed by atoms with E-state index in [1.807, 2.05) is 23.6 Å². The summed E-state index contributed by atoms with van der Waals surface area (Å²) in [5.41, 5.74) is -0.397. The fourth-order valence-electron chi connectivity index (χ4n) is 4.16. The fourth-order valence-corrected chi connectivity index (χ4v) is 8.04. The van der Waals surface area contributed by atoms with Crippen LogP contribution in [-0.4, -0.2) is 48.9 Å². The molecule has 1 aromatic carbocycles. The Hall–Kier alpha value is -1.04. The summed E-state index contributed by atoms with van der Waals surface area (Å²) in [7, 11) is -2.22. The van der Waals surface area contributed by atoms with Gasteiger partial charge < -0.3 is 0 Å². The Kier molecular flexibility index (Phi) is 7.73. The van der Waals surface area contributed by atoms with Crippen LogP contribution in [0.3, 0.4) is 0 Å². The van der Waals surface area contributed by atoms with Crippen LogP contribution in [0.15, 0.2) is 45.3 Å². The molecule has 192 valence electrons. The molecule has 2 aliphatic rings. The van der Waals surface area contributed by atoms with Crippen LogP contribution in [-0.2, 0) is 14.7 Å². The molecule has 0 unspecified atom stereocenters. The van der Waals surface area contributed by atoms with E-state index in [1.165, 1.54) is 0 Å². The first kappa shape index (κ1) is 27.0. The Morgan fingerprint density at radius 3 is 2.66 bits per heavy atom. The van der Waals surface area contributed by atoms with Crippen molar-refractivity contribution in [3.05, 3.63) is 50.9 Å². The number of nitrogens with one attached hydrogen (secondary N) is 1. The van der Waals surface area contributed by atoms with Gasteiger partial charge in [0.1, 0.15) is 0 Å². The Bertz CT molecular complexity index is 1100. The van der Waals surface area contributed by atoms with Crippen molar-refractivity contribution < 1.29 is 14.0 Å². The molecule has 0 saturated carbocycles. The van der Waals surface area contributed by atoms with E-state index in [0.29, 0.717) is 23.9 Å². The maximum absolute atomic E-state index is 12.8. The molecular formula is C25H35BrN3O3S2Si-. The van der Waals surface area contributed by atoms with Crippen LogP contribution in [0.5, 0.6) is 0 Å². The second-order valence-electron chi connectivity index (χ2n) is 11.5. The summed E-state index contributed by atoms with van der Waals surface area (Å²) < 4.78 is 14.0. The zero-order valence-electron chi connectivity index (χ0n) is 21.3. The second kappa shape index (κ2) is 10.0. The Labute approximate surface area is 226 Å². The number of amides is 1. The minimum atomic E-state index is -2.22. The van der Waals surface area contributed by atoms with Gasteiger partial charge in [0.25, 0.3) is 0 Å². The molecule has 0 spiro atoms. The molecule has 35 heavy (non-hydrogen) atoms. The molecule has 1 fully saturated rings. The van der Waals surface area contributed by atoms with Crippen molar-refractivity contribution in [2.75, 3.05) is 19.0 Å². The van der Waals surface area contributed by atoms with Crippen LogP contribution in [0.25, 0.3) is 0 Å². The van der Waals surface area contributed by atoms with Gasteiger partial charge in [0.15, 0.2) is 0 Å². The third-order valence-electron chi connectivity index (χ3n) is 7.71. The number of fused-ring (bicyclic) bond motifs is 1. The number of hydrogen-bond donors (Lipinski definition) is 1. The number of aliphatic imine (C=N–C) groups is 1. The van der Waals surface area contributed by atoms with E-state index in [2.05, 4.69) is 62.0 Å². The van der Waals surface area contributed by atoms with Crippen molar-refractivity contribution in [1.82, 2.24) is 10.3 Å². The molecule has 0 aliphatic carbocycles. The van der Waals surface area contributed by atoms with Gasteiger partial charge in [-0.1, -0.05) is 18.2 Å². The van der Waals surface area contributed by atoms with Crippen molar-refractivity contribution in [2.45, 2.75) is 63.4 Å². The molecule has 1 aromatic heterocycles. The van der Waals surface area contributed by atoms with Crippen LogP contribution in [0.4, 0.5) is 0 Å². The van der Waals surface area contributed by atoms with E-state index in [1.54, 1.807) is 35.2 Å². The van der Waals surface area contributed by atoms with Gasteiger partial charge in [0.05, 0.1) is 0 Å². The number of aromatic nitrogens is 1. The number of nitrogens with zero attached hydrogens (tertiary/aromatic N) is 2. The molecule has 10 heteroatoms. The van der Waals surface area contributed by atoms with Crippen LogP contribution in [0.1, 0.15) is 49.5 Å². The molecule has 0 bridgehead atoms. The third-order valence-corrected chi connectivity index (χ3v) is 15.6. The monoisotopic (exact) mass is 596 g/mol. The Morgan fingerprint density at radius 2 is 2.03 bits per heavy atom. The van der Waals surface area contributed by atoms with Crippen LogP contribution in [0, 0.1) is 5.92 Å². The molecule has 3 atom stereocenters. The first-order chi connectivity index (χ1) is 16.3. The number of hydrogen-bond acceptors (Lipinski definition) is 7. The zero-order valence-corrected chi connectivity index (χ0v) is 25.6. The first-order valence-corrected chi connectivity index (χ1v) is 18.1. The van der Waals surface area contributed by atoms with Crippen molar-refractivity contribution >= 4 is 58.4 Å². The Morgan fingerprint density at radius 1 is 1.31 bits per heavy atom. The average Bonchev–Trinajstić information content (AvgIpc) is 3.25. The SMILES string of the molecule is CC(C)(C)[SiH-](C)(C)OC[C@@]1(C)C[C@H]2CSC(NC(=O)c3ccccc3)=N[C@@]2(c2nc(Br)cs2)CO1. The number of amidine groups is 1. The van der Waals surface area contributed by atoms with Gasteiger partial charge >= 0.3 is 209 Å². The summed E-state index contributed by atoms with van der Waals surface area (Å²) in [6.45, 7) is 14.6. The maximum atomic E-state index is 12.8. The van der Waals surface area contributed by atoms with Gasteiger partial charge in [0.2, 0.25) is 0 Å². The first-order valence-electron chi connectivity index (χ1n) is 12.0. The third kappa shape index (κ3) is 5.77. The quantitative estimate of drug-likeness (QED) is 0.417. The number of thioether (sulfide) groups is 1. The summed E-state index contributed by atoms with van der Waals surface area (Å²) in [5, 5.41) is 6.70. The molecule has 2 aromatic rings. The van der Waals surface area contributed by atoms with Gasteiger partial charge in [-0.2, -0.15) is 0 Å². The molecule has 6 nitrogen and oxygen atoms in total. The van der Waals surface area contributed by atoms with Crippen LogP contribution >= 0.6 is 39.0 Å². The van der Waals surface area contributed by atoms with E-state index >= 15 is 0 Å². The van der Waals surface area contributed by atoms with E-state index in [-0.39, 0.29) is 22.5 Å². The number of carbonyl (C=O) groups is 1. The number of rotatable bonds is 5. The standard InChI is InChI=1S/C25H35BrN3O3S2Si/c1-23(2,3)35(5,6)32-15-24(4)12-18-13-34-22(28-20(30)17-10-8-7-9-11-17)29-25(18,16-31-24)21-27-19(26)14-33-21/h7-11,14,18,35H,12-13,15-16H2,1-6H3,(H,28,29,30)/q-1/t18-,24+,25-/m0/s1. The van der Waals surface area contributed by atoms with Crippen molar-refractivity contribution in [1.29, 1.82) is 0 Å². The fraction of sp³-hybridized carbons (Fsp3) is 0.560. The van der Waals surface area contributed by atoms with Gasteiger partial charge in [-0.3, -0.25) is 0 Å².